The third-order valence-electron chi connectivity index (χ3n) is 4.01. The molecule has 0 aliphatic carbocycles. The van der Waals surface area contributed by atoms with Gasteiger partial charge in [0, 0.05) is 12.2 Å². The molecule has 3 nitrogen and oxygen atoms in total. The summed E-state index contributed by atoms with van der Waals surface area (Å²) in [6, 6.07) is 12.1. The van der Waals surface area contributed by atoms with E-state index in [1.54, 1.807) is 0 Å². The standard InChI is InChI=1S/C18H19ClN2O/c1-12-9-13(2)18(15(19)10-12)20-17(22)11-21-8-7-14-5-3-4-6-16(14)21/h3-6,9-10H,7-8,11H2,1-2H3,(H,20,22). The van der Waals surface area contributed by atoms with Crippen molar-refractivity contribution in [3.63, 3.8) is 0 Å². The lowest BCUT2D eigenvalue weighted by molar-refractivity contribution is -0.115. The quantitative estimate of drug-likeness (QED) is 0.930. The highest BCUT2D eigenvalue weighted by Crippen LogP contribution is 2.29. The van der Waals surface area contributed by atoms with Crippen molar-refractivity contribution in [2.45, 2.75) is 20.3 Å². The minimum absolute atomic E-state index is 0.0365. The van der Waals surface area contributed by atoms with E-state index < -0.39 is 0 Å². The largest absolute Gasteiger partial charge is 0.362 e. The molecule has 0 fully saturated rings. The van der Waals surface area contributed by atoms with Gasteiger partial charge in [0.2, 0.25) is 5.91 Å². The number of benzene rings is 2. The molecule has 0 saturated heterocycles. The van der Waals surface area contributed by atoms with Crippen molar-refractivity contribution in [2.24, 2.45) is 0 Å². The second kappa shape index (κ2) is 6.01. The third-order valence-corrected chi connectivity index (χ3v) is 4.31. The number of fused-ring (bicyclic) bond motifs is 1. The summed E-state index contributed by atoms with van der Waals surface area (Å²) in [5, 5.41) is 3.54. The van der Waals surface area contributed by atoms with E-state index in [1.807, 2.05) is 38.1 Å². The zero-order valence-electron chi connectivity index (χ0n) is 12.8. The van der Waals surface area contributed by atoms with Gasteiger partial charge in [0.15, 0.2) is 0 Å². The highest BCUT2D eigenvalue weighted by atomic mass is 35.5. The van der Waals surface area contributed by atoms with Crippen LogP contribution in [0, 0.1) is 13.8 Å². The van der Waals surface area contributed by atoms with Gasteiger partial charge in [0.1, 0.15) is 0 Å². The predicted molar refractivity (Wildman–Crippen MR) is 91.9 cm³/mol. The van der Waals surface area contributed by atoms with Crippen molar-refractivity contribution < 1.29 is 4.79 Å². The molecule has 1 aliphatic heterocycles. The molecule has 2 aromatic rings. The number of amides is 1. The molecule has 4 heteroatoms. The average Bonchev–Trinajstić information content (AvgIpc) is 2.86. The molecule has 1 heterocycles. The van der Waals surface area contributed by atoms with Gasteiger partial charge >= 0.3 is 0 Å². The van der Waals surface area contributed by atoms with Crippen LogP contribution in [0.3, 0.4) is 0 Å². The molecule has 0 spiro atoms. The zero-order chi connectivity index (χ0) is 15.7. The molecule has 3 rings (SSSR count). The molecule has 2 aromatic carbocycles. The number of hydrogen-bond acceptors (Lipinski definition) is 2. The fraction of sp³-hybridized carbons (Fsp3) is 0.278. The van der Waals surface area contributed by atoms with Crippen LogP contribution in [0.2, 0.25) is 5.02 Å². The van der Waals surface area contributed by atoms with E-state index >= 15 is 0 Å². The van der Waals surface area contributed by atoms with E-state index in [0.717, 1.165) is 29.8 Å². The number of aryl methyl sites for hydroxylation is 2. The third kappa shape index (κ3) is 2.95. The molecule has 114 valence electrons. The second-order valence-electron chi connectivity index (χ2n) is 5.79. The highest BCUT2D eigenvalue weighted by molar-refractivity contribution is 6.34. The van der Waals surface area contributed by atoms with Crippen molar-refractivity contribution >= 4 is 28.9 Å². The van der Waals surface area contributed by atoms with E-state index in [0.29, 0.717) is 17.3 Å². The highest BCUT2D eigenvalue weighted by Gasteiger charge is 2.21. The van der Waals surface area contributed by atoms with Crippen LogP contribution in [0.1, 0.15) is 16.7 Å². The van der Waals surface area contributed by atoms with Crippen LogP contribution in [0.4, 0.5) is 11.4 Å². The Hall–Kier alpha value is -2.00. The number of halogens is 1. The first kappa shape index (κ1) is 14.9. The lowest BCUT2D eigenvalue weighted by Gasteiger charge is -2.19. The molecular weight excluding hydrogens is 296 g/mol. The van der Waals surface area contributed by atoms with Crippen LogP contribution in [-0.4, -0.2) is 19.0 Å². The maximum Gasteiger partial charge on any atom is 0.243 e. The van der Waals surface area contributed by atoms with Gasteiger partial charge in [-0.3, -0.25) is 4.79 Å². The van der Waals surface area contributed by atoms with Gasteiger partial charge in [-0.2, -0.15) is 0 Å². The van der Waals surface area contributed by atoms with E-state index in [9.17, 15) is 4.79 Å². The summed E-state index contributed by atoms with van der Waals surface area (Å²) in [4.78, 5) is 14.5. The Bertz CT molecular complexity index is 704. The molecule has 1 aliphatic rings. The van der Waals surface area contributed by atoms with Crippen molar-refractivity contribution in [3.8, 4) is 0 Å². The number of nitrogens with one attached hydrogen (secondary N) is 1. The molecule has 0 radical (unpaired) electrons. The molecule has 0 saturated carbocycles. The minimum Gasteiger partial charge on any atom is -0.362 e. The summed E-state index contributed by atoms with van der Waals surface area (Å²) >= 11 is 6.25. The normalized spacial score (nSPS) is 13.1. The first-order valence-corrected chi connectivity index (χ1v) is 7.82. The molecule has 0 aromatic heterocycles. The lowest BCUT2D eigenvalue weighted by Crippen LogP contribution is -2.32. The summed E-state index contributed by atoms with van der Waals surface area (Å²) in [5.74, 6) is -0.0365. The second-order valence-corrected chi connectivity index (χ2v) is 6.19. The predicted octanol–water partition coefficient (Wildman–Crippen LogP) is 3.96. The van der Waals surface area contributed by atoms with Gasteiger partial charge in [0.05, 0.1) is 17.3 Å². The maximum atomic E-state index is 12.4. The smallest absolute Gasteiger partial charge is 0.243 e. The van der Waals surface area contributed by atoms with Gasteiger partial charge in [-0.05, 0) is 49.1 Å². The molecule has 22 heavy (non-hydrogen) atoms. The molecule has 0 atom stereocenters. The number of rotatable bonds is 3. The van der Waals surface area contributed by atoms with Gasteiger partial charge < -0.3 is 10.2 Å². The van der Waals surface area contributed by atoms with E-state index in [4.69, 9.17) is 11.6 Å². The number of nitrogens with zero attached hydrogens (tertiary/aromatic N) is 1. The van der Waals surface area contributed by atoms with E-state index in [2.05, 4.69) is 22.3 Å². The number of anilines is 2. The minimum atomic E-state index is -0.0365. The molecule has 1 N–H and O–H groups in total. The maximum absolute atomic E-state index is 12.4. The number of carbonyl (C=O) groups is 1. The Morgan fingerprint density at radius 1 is 1.27 bits per heavy atom. The lowest BCUT2D eigenvalue weighted by atomic mass is 10.1. The monoisotopic (exact) mass is 314 g/mol. The Balaban J connectivity index is 1.72. The van der Waals surface area contributed by atoms with Gasteiger partial charge in [0.25, 0.3) is 0 Å². The van der Waals surface area contributed by atoms with Crippen LogP contribution in [0.15, 0.2) is 36.4 Å². The Labute approximate surface area is 135 Å². The van der Waals surface area contributed by atoms with Crippen molar-refractivity contribution in [1.82, 2.24) is 0 Å². The summed E-state index contributed by atoms with van der Waals surface area (Å²) in [5.41, 5.74) is 5.25. The molecular formula is C18H19ClN2O. The zero-order valence-corrected chi connectivity index (χ0v) is 13.6. The van der Waals surface area contributed by atoms with Crippen LogP contribution < -0.4 is 10.2 Å². The summed E-state index contributed by atoms with van der Waals surface area (Å²) in [6.07, 6.45) is 0.994. The molecule has 1 amide bonds. The van der Waals surface area contributed by atoms with Crippen molar-refractivity contribution in [1.29, 1.82) is 0 Å². The Morgan fingerprint density at radius 3 is 2.82 bits per heavy atom. The van der Waals surface area contributed by atoms with Crippen LogP contribution in [0.25, 0.3) is 0 Å². The SMILES string of the molecule is Cc1cc(C)c(NC(=O)CN2CCc3ccccc32)c(Cl)c1. The Morgan fingerprint density at radius 2 is 2.05 bits per heavy atom. The average molecular weight is 315 g/mol. The Kier molecular flexibility index (Phi) is 4.08. The van der Waals surface area contributed by atoms with Crippen molar-refractivity contribution in [2.75, 3.05) is 23.3 Å². The number of para-hydroxylation sites is 1. The molecule has 0 unspecified atom stereocenters. The van der Waals surface area contributed by atoms with E-state index in [1.165, 1.54) is 5.56 Å². The topological polar surface area (TPSA) is 32.3 Å². The fourth-order valence-corrected chi connectivity index (χ4v) is 3.37. The first-order valence-electron chi connectivity index (χ1n) is 7.44. The van der Waals surface area contributed by atoms with Crippen LogP contribution >= 0.6 is 11.6 Å². The summed E-state index contributed by atoms with van der Waals surface area (Å²) in [6.45, 7) is 5.18. The first-order chi connectivity index (χ1) is 10.5. The molecule has 0 bridgehead atoms. The van der Waals surface area contributed by atoms with Gasteiger partial charge in [-0.15, -0.1) is 0 Å². The van der Waals surface area contributed by atoms with Crippen molar-refractivity contribution in [3.05, 3.63) is 58.1 Å². The fourth-order valence-electron chi connectivity index (χ4n) is 3.00. The number of carbonyl (C=O) groups excluding carboxylic acids is 1. The van der Waals surface area contributed by atoms with Gasteiger partial charge in [-0.25, -0.2) is 0 Å². The van der Waals surface area contributed by atoms with Crippen LogP contribution in [0.5, 0.6) is 0 Å². The summed E-state index contributed by atoms with van der Waals surface area (Å²) in [7, 11) is 0. The summed E-state index contributed by atoms with van der Waals surface area (Å²) < 4.78 is 0. The van der Waals surface area contributed by atoms with Crippen LogP contribution in [-0.2, 0) is 11.2 Å². The van der Waals surface area contributed by atoms with E-state index in [-0.39, 0.29) is 5.91 Å². The number of hydrogen-bond donors (Lipinski definition) is 1. The van der Waals surface area contributed by atoms with Gasteiger partial charge in [-0.1, -0.05) is 35.9 Å².